The van der Waals surface area contributed by atoms with Crippen molar-refractivity contribution < 1.29 is 19.1 Å². The molecule has 0 radical (unpaired) electrons. The summed E-state index contributed by atoms with van der Waals surface area (Å²) in [4.78, 5) is 27.2. The maximum absolute atomic E-state index is 12.4. The van der Waals surface area contributed by atoms with Gasteiger partial charge in [-0.15, -0.1) is 11.3 Å². The van der Waals surface area contributed by atoms with Gasteiger partial charge in [-0.25, -0.2) is 0 Å². The summed E-state index contributed by atoms with van der Waals surface area (Å²) in [6.07, 6.45) is 3.74. The average Bonchev–Trinajstić information content (AvgIpc) is 3.25. The summed E-state index contributed by atoms with van der Waals surface area (Å²) in [5.41, 5.74) is 2.14. The number of ether oxygens (including phenoxy) is 2. The molecule has 1 aromatic heterocycles. The Morgan fingerprint density at radius 2 is 2.06 bits per heavy atom. The van der Waals surface area contributed by atoms with Crippen molar-refractivity contribution in [3.63, 3.8) is 0 Å². The van der Waals surface area contributed by atoms with Crippen LogP contribution in [0, 0.1) is 5.92 Å². The van der Waals surface area contributed by atoms with E-state index in [0.29, 0.717) is 24.6 Å². The fraction of sp³-hybridized carbons (Fsp3) is 0.500. The highest BCUT2D eigenvalue weighted by Crippen LogP contribution is 2.26. The third-order valence-corrected chi connectivity index (χ3v) is 6.84. The number of nitrogens with one attached hydrogen (secondary N) is 1. The molecule has 0 spiro atoms. The molecule has 1 amide bonds. The number of ketones is 1. The Labute approximate surface area is 188 Å². The third kappa shape index (κ3) is 6.80. The molecule has 0 bridgehead atoms. The van der Waals surface area contributed by atoms with E-state index in [0.717, 1.165) is 48.7 Å². The number of hydrogen-bond donors (Lipinski definition) is 1. The van der Waals surface area contributed by atoms with Crippen molar-refractivity contribution in [3.05, 3.63) is 45.6 Å². The minimum atomic E-state index is 0.0685. The lowest BCUT2D eigenvalue weighted by atomic mass is 9.93. The lowest BCUT2D eigenvalue weighted by molar-refractivity contribution is -0.121. The normalized spacial score (nSPS) is 16.7. The lowest BCUT2D eigenvalue weighted by Crippen LogP contribution is -2.35. The van der Waals surface area contributed by atoms with Crippen LogP contribution in [0.3, 0.4) is 0 Å². The number of benzene rings is 1. The number of methoxy groups -OCH3 is 2. The van der Waals surface area contributed by atoms with Gasteiger partial charge in [0.05, 0.1) is 19.1 Å². The van der Waals surface area contributed by atoms with E-state index in [-0.39, 0.29) is 11.7 Å². The Balaban J connectivity index is 1.43. The quantitative estimate of drug-likeness (QED) is 0.554. The number of hydrogen-bond acceptors (Lipinski definition) is 6. The van der Waals surface area contributed by atoms with Gasteiger partial charge in [0.1, 0.15) is 11.5 Å². The van der Waals surface area contributed by atoms with Crippen molar-refractivity contribution >= 4 is 23.0 Å². The molecule has 1 aliphatic rings. The van der Waals surface area contributed by atoms with Gasteiger partial charge in [-0.1, -0.05) is 0 Å². The van der Waals surface area contributed by atoms with Gasteiger partial charge in [0, 0.05) is 37.7 Å². The second-order valence-corrected chi connectivity index (χ2v) is 9.02. The maximum atomic E-state index is 12.4. The lowest BCUT2D eigenvalue weighted by Gasteiger charge is -2.32. The van der Waals surface area contributed by atoms with Crippen molar-refractivity contribution in [1.29, 1.82) is 0 Å². The molecule has 31 heavy (non-hydrogen) atoms. The first-order valence-electron chi connectivity index (χ1n) is 10.8. The van der Waals surface area contributed by atoms with Gasteiger partial charge >= 0.3 is 0 Å². The molecule has 0 unspecified atom stereocenters. The number of rotatable bonds is 10. The monoisotopic (exact) mass is 444 g/mol. The number of carbonyl (C=O) groups is 2. The van der Waals surface area contributed by atoms with Gasteiger partial charge in [-0.05, 0) is 67.8 Å². The van der Waals surface area contributed by atoms with Crippen LogP contribution in [0.2, 0.25) is 0 Å². The van der Waals surface area contributed by atoms with Gasteiger partial charge in [-0.2, -0.15) is 0 Å². The number of amides is 1. The van der Waals surface area contributed by atoms with Crippen LogP contribution in [0.5, 0.6) is 11.5 Å². The zero-order valence-electron chi connectivity index (χ0n) is 18.6. The summed E-state index contributed by atoms with van der Waals surface area (Å²) in [6, 6.07) is 7.62. The van der Waals surface area contributed by atoms with Crippen LogP contribution in [0.15, 0.2) is 29.6 Å². The Bertz CT molecular complexity index is 895. The molecule has 0 saturated carbocycles. The summed E-state index contributed by atoms with van der Waals surface area (Å²) in [6.45, 7) is 5.02. The van der Waals surface area contributed by atoms with E-state index in [1.807, 2.05) is 24.3 Å². The second-order valence-electron chi connectivity index (χ2n) is 8.11. The number of nitrogens with zero attached hydrogens (tertiary/aromatic N) is 1. The predicted molar refractivity (Wildman–Crippen MR) is 123 cm³/mol. The van der Waals surface area contributed by atoms with Crippen LogP contribution in [-0.2, 0) is 17.9 Å². The fourth-order valence-corrected chi connectivity index (χ4v) is 4.85. The Morgan fingerprint density at radius 3 is 2.77 bits per heavy atom. The number of carbonyl (C=O) groups excluding carboxylic acids is 2. The summed E-state index contributed by atoms with van der Waals surface area (Å²) in [5, 5.41) is 5.10. The molecule has 1 atom stereocenters. The highest BCUT2D eigenvalue weighted by atomic mass is 32.1. The van der Waals surface area contributed by atoms with E-state index >= 15 is 0 Å². The molecule has 1 N–H and O–H groups in total. The molecule has 3 rings (SSSR count). The molecule has 1 aromatic carbocycles. The van der Waals surface area contributed by atoms with Crippen LogP contribution in [-0.4, -0.2) is 43.9 Å². The summed E-state index contributed by atoms with van der Waals surface area (Å²) in [7, 11) is 3.23. The minimum Gasteiger partial charge on any atom is -0.497 e. The number of likely N-dealkylation sites (tertiary alicyclic amines) is 1. The molecule has 0 aliphatic carbocycles. The zero-order chi connectivity index (χ0) is 22.2. The Kier molecular flexibility index (Phi) is 8.49. The van der Waals surface area contributed by atoms with Crippen LogP contribution < -0.4 is 14.8 Å². The summed E-state index contributed by atoms with van der Waals surface area (Å²) in [5.74, 6) is 2.17. The van der Waals surface area contributed by atoms with E-state index in [9.17, 15) is 9.59 Å². The molecule has 7 heteroatoms. The van der Waals surface area contributed by atoms with Crippen LogP contribution in [0.1, 0.15) is 53.4 Å². The van der Waals surface area contributed by atoms with Crippen LogP contribution in [0.25, 0.3) is 0 Å². The van der Waals surface area contributed by atoms with E-state index in [2.05, 4.69) is 15.6 Å². The fourth-order valence-electron chi connectivity index (χ4n) is 4.05. The largest absolute Gasteiger partial charge is 0.497 e. The van der Waals surface area contributed by atoms with Gasteiger partial charge in [0.15, 0.2) is 5.78 Å². The Hall–Kier alpha value is -2.38. The van der Waals surface area contributed by atoms with Gasteiger partial charge in [0.2, 0.25) is 5.91 Å². The molecule has 2 aromatic rings. The zero-order valence-corrected chi connectivity index (χ0v) is 19.4. The van der Waals surface area contributed by atoms with E-state index in [1.54, 1.807) is 21.1 Å². The SMILES string of the molecule is COc1ccc(CNC(=O)CC[C@H]2CCCN(Cc3csc(C(C)=O)c3)C2)c(OC)c1. The van der Waals surface area contributed by atoms with Gasteiger partial charge < -0.3 is 14.8 Å². The van der Waals surface area contributed by atoms with Crippen molar-refractivity contribution in [1.82, 2.24) is 10.2 Å². The molecular weight excluding hydrogens is 412 g/mol. The predicted octanol–water partition coefficient (Wildman–Crippen LogP) is 4.28. The van der Waals surface area contributed by atoms with Crippen molar-refractivity contribution in [3.8, 4) is 11.5 Å². The number of piperidine rings is 1. The average molecular weight is 445 g/mol. The molecule has 1 saturated heterocycles. The van der Waals surface area contributed by atoms with E-state index < -0.39 is 0 Å². The van der Waals surface area contributed by atoms with Crippen LogP contribution >= 0.6 is 11.3 Å². The first-order valence-corrected chi connectivity index (χ1v) is 11.6. The number of thiophene rings is 1. The molecule has 1 fully saturated rings. The van der Waals surface area contributed by atoms with Crippen molar-refractivity contribution in [2.75, 3.05) is 27.3 Å². The first-order chi connectivity index (χ1) is 15.0. The molecule has 2 heterocycles. The first kappa shape index (κ1) is 23.3. The maximum Gasteiger partial charge on any atom is 0.220 e. The Morgan fingerprint density at radius 1 is 1.23 bits per heavy atom. The smallest absolute Gasteiger partial charge is 0.220 e. The van der Waals surface area contributed by atoms with Crippen molar-refractivity contribution in [2.24, 2.45) is 5.92 Å². The number of Topliss-reactive ketones (excluding diaryl/α,β-unsaturated/α-hetero) is 1. The van der Waals surface area contributed by atoms with Crippen LogP contribution in [0.4, 0.5) is 0 Å². The summed E-state index contributed by atoms with van der Waals surface area (Å²) < 4.78 is 10.6. The highest BCUT2D eigenvalue weighted by molar-refractivity contribution is 7.12. The standard InChI is InChI=1S/C24H32N2O4S/c1-17(27)23-11-19(16-31-23)15-26-10-4-5-18(14-26)6-9-24(28)25-13-20-7-8-21(29-2)12-22(20)30-3/h7-8,11-12,16,18H,4-6,9-10,13-15H2,1-3H3,(H,25,28)/t18-/m1/s1. The minimum absolute atomic E-state index is 0.0685. The third-order valence-electron chi connectivity index (χ3n) is 5.76. The van der Waals surface area contributed by atoms with Gasteiger partial charge in [-0.3, -0.25) is 14.5 Å². The van der Waals surface area contributed by atoms with Crippen molar-refractivity contribution in [2.45, 2.75) is 45.7 Å². The molecule has 1 aliphatic heterocycles. The molecule has 6 nitrogen and oxygen atoms in total. The van der Waals surface area contributed by atoms with Gasteiger partial charge in [0.25, 0.3) is 0 Å². The van der Waals surface area contributed by atoms with E-state index in [1.165, 1.54) is 23.3 Å². The topological polar surface area (TPSA) is 67.9 Å². The summed E-state index contributed by atoms with van der Waals surface area (Å²) >= 11 is 1.52. The molecular formula is C24H32N2O4S. The molecule has 168 valence electrons. The second kappa shape index (κ2) is 11.3. The highest BCUT2D eigenvalue weighted by Gasteiger charge is 2.21. The van der Waals surface area contributed by atoms with E-state index in [4.69, 9.17) is 9.47 Å².